The Balaban J connectivity index is 2.20. The van der Waals surface area contributed by atoms with Crippen LogP contribution < -0.4 is 0 Å². The van der Waals surface area contributed by atoms with E-state index >= 15 is 0 Å². The predicted molar refractivity (Wildman–Crippen MR) is 67.8 cm³/mol. The summed E-state index contributed by atoms with van der Waals surface area (Å²) in [5.74, 6) is -1.91. The van der Waals surface area contributed by atoms with Crippen LogP contribution in [0.2, 0.25) is 5.02 Å². The maximum atomic E-state index is 11.8. The monoisotopic (exact) mass is 284 g/mol. The third-order valence-electron chi connectivity index (χ3n) is 3.06. The number of carbonyl (C=O) groups is 2. The van der Waals surface area contributed by atoms with Gasteiger partial charge in [-0.2, -0.15) is 0 Å². The summed E-state index contributed by atoms with van der Waals surface area (Å²) in [7, 11) is 1.57. The Morgan fingerprint density at radius 2 is 1.89 bits per heavy atom. The number of carbonyl (C=O) groups excluding carboxylic acids is 2. The van der Waals surface area contributed by atoms with E-state index in [4.69, 9.17) is 11.6 Å². The number of piperazine rings is 1. The van der Waals surface area contributed by atoms with Crippen LogP contribution in [0.1, 0.15) is 5.56 Å². The molecule has 0 aliphatic carbocycles. The number of phenols is 2. The van der Waals surface area contributed by atoms with Crippen molar-refractivity contribution in [1.29, 1.82) is 0 Å². The summed E-state index contributed by atoms with van der Waals surface area (Å²) in [5.41, 5.74) is 0.475. The smallest absolute Gasteiger partial charge is 0.312 e. The predicted octanol–water partition coefficient (Wildman–Crippen LogP) is 0.552. The maximum absolute atomic E-state index is 11.8. The summed E-state index contributed by atoms with van der Waals surface area (Å²) in [6.45, 7) is 0.969. The number of hydrogen-bond donors (Lipinski definition) is 2. The first-order valence-electron chi connectivity index (χ1n) is 5.65. The summed E-state index contributed by atoms with van der Waals surface area (Å²) in [6, 6.07) is 2.80. The average Bonchev–Trinajstić information content (AvgIpc) is 2.39. The van der Waals surface area contributed by atoms with Crippen LogP contribution in [-0.2, 0) is 16.1 Å². The first-order valence-corrected chi connectivity index (χ1v) is 6.03. The Morgan fingerprint density at radius 3 is 2.58 bits per heavy atom. The van der Waals surface area contributed by atoms with E-state index in [9.17, 15) is 19.8 Å². The van der Waals surface area contributed by atoms with Crippen LogP contribution in [0.25, 0.3) is 0 Å². The number of amides is 2. The van der Waals surface area contributed by atoms with Gasteiger partial charge in [0.25, 0.3) is 0 Å². The summed E-state index contributed by atoms with van der Waals surface area (Å²) in [4.78, 5) is 26.0. The van der Waals surface area contributed by atoms with Crippen LogP contribution in [0.15, 0.2) is 12.1 Å². The van der Waals surface area contributed by atoms with Gasteiger partial charge in [-0.25, -0.2) is 0 Å². The zero-order chi connectivity index (χ0) is 14.2. The Kier molecular flexibility index (Phi) is 3.53. The quantitative estimate of drug-likeness (QED) is 0.614. The van der Waals surface area contributed by atoms with Gasteiger partial charge < -0.3 is 20.0 Å². The lowest BCUT2D eigenvalue weighted by Crippen LogP contribution is -2.52. The minimum Gasteiger partial charge on any atom is -0.504 e. The first-order chi connectivity index (χ1) is 8.91. The first kappa shape index (κ1) is 13.5. The van der Waals surface area contributed by atoms with Gasteiger partial charge in [0, 0.05) is 26.7 Å². The zero-order valence-electron chi connectivity index (χ0n) is 10.3. The molecule has 1 saturated heterocycles. The number of aromatic hydroxyl groups is 2. The molecule has 6 nitrogen and oxygen atoms in total. The molecule has 0 atom stereocenters. The largest absolute Gasteiger partial charge is 0.504 e. The molecule has 1 heterocycles. The number of likely N-dealkylation sites (N-methyl/N-ethyl adjacent to an activating group) is 1. The Morgan fingerprint density at radius 1 is 1.21 bits per heavy atom. The van der Waals surface area contributed by atoms with Crippen LogP contribution in [-0.4, -0.2) is 52.0 Å². The Hall–Kier alpha value is -1.95. The second-order valence-electron chi connectivity index (χ2n) is 4.36. The molecule has 102 valence electrons. The van der Waals surface area contributed by atoms with E-state index in [1.807, 2.05) is 0 Å². The van der Waals surface area contributed by atoms with E-state index in [0.717, 1.165) is 0 Å². The van der Waals surface area contributed by atoms with Crippen molar-refractivity contribution in [2.24, 2.45) is 0 Å². The topological polar surface area (TPSA) is 81.1 Å². The summed E-state index contributed by atoms with van der Waals surface area (Å²) >= 11 is 5.89. The fourth-order valence-electron chi connectivity index (χ4n) is 1.85. The van der Waals surface area contributed by atoms with E-state index in [-0.39, 0.29) is 17.3 Å². The standard InChI is InChI=1S/C12H13ClN2O4/c1-14-4-5-15(12(19)11(14)18)6-7-2-3-8(16)10(17)9(7)13/h2-3,16-17H,4-6H2,1H3. The van der Waals surface area contributed by atoms with Gasteiger partial charge in [0.15, 0.2) is 11.5 Å². The molecule has 7 heteroatoms. The number of hydrogen-bond acceptors (Lipinski definition) is 4. The molecule has 1 aliphatic rings. The fourth-order valence-corrected chi connectivity index (χ4v) is 2.07. The number of nitrogens with zero attached hydrogens (tertiary/aromatic N) is 2. The van der Waals surface area contributed by atoms with Gasteiger partial charge in [0.1, 0.15) is 0 Å². The van der Waals surface area contributed by atoms with Crippen molar-refractivity contribution in [2.75, 3.05) is 20.1 Å². The van der Waals surface area contributed by atoms with Crippen LogP contribution in [0.3, 0.4) is 0 Å². The number of halogens is 1. The van der Waals surface area contributed by atoms with Crippen LogP contribution in [0.4, 0.5) is 0 Å². The highest BCUT2D eigenvalue weighted by molar-refractivity contribution is 6.35. The minimum absolute atomic E-state index is 0.0147. The molecule has 0 saturated carbocycles. The number of benzene rings is 1. The van der Waals surface area contributed by atoms with Crippen molar-refractivity contribution in [2.45, 2.75) is 6.54 Å². The second kappa shape index (κ2) is 4.97. The fraction of sp³-hybridized carbons (Fsp3) is 0.333. The van der Waals surface area contributed by atoms with E-state index < -0.39 is 17.6 Å². The highest BCUT2D eigenvalue weighted by Gasteiger charge is 2.30. The van der Waals surface area contributed by atoms with Crippen molar-refractivity contribution in [3.05, 3.63) is 22.7 Å². The normalized spacial score (nSPS) is 16.1. The molecule has 1 aliphatic heterocycles. The van der Waals surface area contributed by atoms with Gasteiger partial charge in [-0.05, 0) is 11.6 Å². The van der Waals surface area contributed by atoms with Gasteiger partial charge in [0.05, 0.1) is 5.02 Å². The highest BCUT2D eigenvalue weighted by Crippen LogP contribution is 2.36. The molecule has 19 heavy (non-hydrogen) atoms. The van der Waals surface area contributed by atoms with E-state index in [1.165, 1.54) is 21.9 Å². The zero-order valence-corrected chi connectivity index (χ0v) is 11.0. The van der Waals surface area contributed by atoms with Crippen molar-refractivity contribution in [3.8, 4) is 11.5 Å². The number of phenolic OH excluding ortho intramolecular Hbond substituents is 2. The van der Waals surface area contributed by atoms with E-state index in [1.54, 1.807) is 7.05 Å². The molecule has 2 rings (SSSR count). The van der Waals surface area contributed by atoms with Crippen LogP contribution >= 0.6 is 11.6 Å². The van der Waals surface area contributed by atoms with E-state index in [2.05, 4.69) is 0 Å². The summed E-state index contributed by atoms with van der Waals surface area (Å²) in [6.07, 6.45) is 0. The van der Waals surface area contributed by atoms with Crippen LogP contribution in [0, 0.1) is 0 Å². The second-order valence-corrected chi connectivity index (χ2v) is 4.74. The molecule has 0 bridgehead atoms. The molecule has 0 aromatic heterocycles. The van der Waals surface area contributed by atoms with Gasteiger partial charge in [-0.1, -0.05) is 17.7 Å². The van der Waals surface area contributed by atoms with Crippen LogP contribution in [0.5, 0.6) is 11.5 Å². The lowest BCUT2D eigenvalue weighted by molar-refractivity contribution is -0.155. The SMILES string of the molecule is CN1CCN(Cc2ccc(O)c(O)c2Cl)C(=O)C1=O. The third-order valence-corrected chi connectivity index (χ3v) is 3.48. The summed E-state index contributed by atoms with van der Waals surface area (Å²) in [5, 5.41) is 18.8. The van der Waals surface area contributed by atoms with Gasteiger partial charge in [0.2, 0.25) is 0 Å². The van der Waals surface area contributed by atoms with Gasteiger partial charge in [-0.3, -0.25) is 9.59 Å². The lowest BCUT2D eigenvalue weighted by Gasteiger charge is -2.31. The third kappa shape index (κ3) is 2.44. The van der Waals surface area contributed by atoms with Gasteiger partial charge in [-0.15, -0.1) is 0 Å². The maximum Gasteiger partial charge on any atom is 0.312 e. The molecule has 1 aromatic rings. The molecular weight excluding hydrogens is 272 g/mol. The molecule has 2 N–H and O–H groups in total. The van der Waals surface area contributed by atoms with Crippen molar-refractivity contribution < 1.29 is 19.8 Å². The summed E-state index contributed by atoms with van der Waals surface area (Å²) < 4.78 is 0. The molecular formula is C12H13ClN2O4. The molecule has 0 radical (unpaired) electrons. The van der Waals surface area contributed by atoms with Crippen molar-refractivity contribution in [3.63, 3.8) is 0 Å². The Bertz CT molecular complexity index is 547. The minimum atomic E-state index is -0.600. The van der Waals surface area contributed by atoms with Crippen molar-refractivity contribution >= 4 is 23.4 Å². The lowest BCUT2D eigenvalue weighted by atomic mass is 10.1. The molecule has 0 unspecified atom stereocenters. The molecule has 0 spiro atoms. The number of rotatable bonds is 2. The van der Waals surface area contributed by atoms with E-state index in [0.29, 0.717) is 18.7 Å². The molecule has 1 fully saturated rings. The van der Waals surface area contributed by atoms with Crippen molar-refractivity contribution in [1.82, 2.24) is 9.80 Å². The average molecular weight is 285 g/mol. The molecule has 1 aromatic carbocycles. The Labute approximate surface area is 114 Å². The van der Waals surface area contributed by atoms with Gasteiger partial charge >= 0.3 is 11.8 Å². The molecule has 2 amide bonds. The highest BCUT2D eigenvalue weighted by atomic mass is 35.5.